The van der Waals surface area contributed by atoms with E-state index in [0.29, 0.717) is 6.61 Å². The van der Waals surface area contributed by atoms with Crippen LogP contribution in [0.3, 0.4) is 0 Å². The number of aryl methyl sites for hydroxylation is 1. The van der Waals surface area contributed by atoms with Crippen molar-refractivity contribution in [3.05, 3.63) is 42.0 Å². The minimum absolute atomic E-state index is 0.0189. The smallest absolute Gasteiger partial charge is 0.124 e. The van der Waals surface area contributed by atoms with E-state index in [0.717, 1.165) is 18.8 Å². The fraction of sp³-hybridized carbons (Fsp3) is 0.467. The summed E-state index contributed by atoms with van der Waals surface area (Å²) in [5.41, 5.74) is 2.40. The molecule has 1 N–H and O–H groups in total. The van der Waals surface area contributed by atoms with Crippen molar-refractivity contribution in [2.24, 2.45) is 0 Å². The molecule has 0 saturated carbocycles. The number of hydrogen-bond acceptors (Lipinski definition) is 3. The van der Waals surface area contributed by atoms with Crippen molar-refractivity contribution in [3.63, 3.8) is 0 Å². The van der Waals surface area contributed by atoms with Gasteiger partial charge in [0.2, 0.25) is 0 Å². The summed E-state index contributed by atoms with van der Waals surface area (Å²) in [7, 11) is 1.70. The molecule has 18 heavy (non-hydrogen) atoms. The van der Waals surface area contributed by atoms with Gasteiger partial charge in [-0.05, 0) is 19.9 Å². The Morgan fingerprint density at radius 1 is 1.44 bits per heavy atom. The maximum absolute atomic E-state index is 5.82. The van der Waals surface area contributed by atoms with E-state index in [9.17, 15) is 0 Å². The molecule has 3 heteroatoms. The molecule has 0 aliphatic rings. The lowest BCUT2D eigenvalue weighted by molar-refractivity contribution is 0.199. The van der Waals surface area contributed by atoms with Crippen molar-refractivity contribution < 1.29 is 9.47 Å². The highest BCUT2D eigenvalue weighted by molar-refractivity contribution is 5.37. The molecule has 1 rings (SSSR count). The van der Waals surface area contributed by atoms with Crippen LogP contribution in [0.15, 0.2) is 30.9 Å². The summed E-state index contributed by atoms with van der Waals surface area (Å²) in [5.74, 6) is 0.915. The molecule has 1 unspecified atom stereocenters. The molecule has 0 fully saturated rings. The molecule has 0 radical (unpaired) electrons. The van der Waals surface area contributed by atoms with Gasteiger partial charge >= 0.3 is 0 Å². The average molecular weight is 249 g/mol. The van der Waals surface area contributed by atoms with Gasteiger partial charge < -0.3 is 14.8 Å². The third-order valence-corrected chi connectivity index (χ3v) is 2.66. The molecule has 0 spiro atoms. The number of ether oxygens (including phenoxy) is 2. The van der Waals surface area contributed by atoms with Crippen molar-refractivity contribution >= 4 is 0 Å². The molecule has 0 aliphatic carbocycles. The van der Waals surface area contributed by atoms with Crippen LogP contribution in [0, 0.1) is 6.92 Å². The first kappa shape index (κ1) is 14.7. The van der Waals surface area contributed by atoms with Crippen LogP contribution in [0.1, 0.15) is 18.1 Å². The van der Waals surface area contributed by atoms with Crippen molar-refractivity contribution in [2.75, 3.05) is 20.3 Å². The molecule has 100 valence electrons. The zero-order valence-electron chi connectivity index (χ0n) is 11.5. The minimum atomic E-state index is 0.0189. The van der Waals surface area contributed by atoms with Gasteiger partial charge in [-0.25, -0.2) is 0 Å². The molecular weight excluding hydrogens is 226 g/mol. The van der Waals surface area contributed by atoms with Crippen LogP contribution in [0.25, 0.3) is 0 Å². The highest BCUT2D eigenvalue weighted by atomic mass is 16.5. The fourth-order valence-corrected chi connectivity index (χ4v) is 1.61. The quantitative estimate of drug-likeness (QED) is 0.567. The van der Waals surface area contributed by atoms with Crippen molar-refractivity contribution in [3.8, 4) is 5.75 Å². The summed E-state index contributed by atoms with van der Waals surface area (Å²) in [6.45, 7) is 10.1. The Labute approximate surface area is 110 Å². The molecule has 0 saturated heterocycles. The van der Waals surface area contributed by atoms with Crippen molar-refractivity contribution in [1.29, 1.82) is 0 Å². The minimum Gasteiger partial charge on any atom is -0.486 e. The predicted octanol–water partition coefficient (Wildman–Crippen LogP) is 2.68. The summed E-state index contributed by atoms with van der Waals surface area (Å²) < 4.78 is 10.8. The van der Waals surface area contributed by atoms with Gasteiger partial charge in [0.15, 0.2) is 0 Å². The zero-order chi connectivity index (χ0) is 13.4. The molecule has 0 heterocycles. The van der Waals surface area contributed by atoms with Crippen LogP contribution in [0.4, 0.5) is 0 Å². The Morgan fingerprint density at radius 3 is 2.89 bits per heavy atom. The Balaban J connectivity index is 2.67. The Hall–Kier alpha value is -1.32. The molecule has 0 amide bonds. The van der Waals surface area contributed by atoms with Gasteiger partial charge in [0.05, 0.1) is 6.61 Å². The summed E-state index contributed by atoms with van der Waals surface area (Å²) in [6, 6.07) is 6.22. The summed E-state index contributed by atoms with van der Waals surface area (Å²) in [4.78, 5) is 0. The highest BCUT2D eigenvalue weighted by Crippen LogP contribution is 2.21. The van der Waals surface area contributed by atoms with E-state index in [1.807, 2.05) is 13.0 Å². The molecule has 0 aromatic heterocycles. The maximum Gasteiger partial charge on any atom is 0.124 e. The third kappa shape index (κ3) is 4.90. The van der Waals surface area contributed by atoms with Gasteiger partial charge in [0.1, 0.15) is 11.9 Å². The summed E-state index contributed by atoms with van der Waals surface area (Å²) in [5, 5.41) is 3.33. The molecule has 1 aromatic carbocycles. The van der Waals surface area contributed by atoms with Crippen LogP contribution in [-0.4, -0.2) is 26.4 Å². The first-order chi connectivity index (χ1) is 8.67. The molecule has 3 nitrogen and oxygen atoms in total. The second kappa shape index (κ2) is 7.90. The Kier molecular flexibility index (Phi) is 6.47. The zero-order valence-corrected chi connectivity index (χ0v) is 11.5. The Morgan fingerprint density at radius 2 is 2.22 bits per heavy atom. The fourth-order valence-electron chi connectivity index (χ4n) is 1.61. The number of methoxy groups -OCH3 is 1. The van der Waals surface area contributed by atoms with E-state index in [2.05, 4.69) is 31.0 Å². The Bertz CT molecular complexity index is 377. The van der Waals surface area contributed by atoms with Crippen LogP contribution >= 0.6 is 0 Å². The van der Waals surface area contributed by atoms with Gasteiger partial charge in [-0.2, -0.15) is 0 Å². The van der Waals surface area contributed by atoms with Gasteiger partial charge in [0.25, 0.3) is 0 Å². The van der Waals surface area contributed by atoms with Crippen molar-refractivity contribution in [2.45, 2.75) is 26.5 Å². The summed E-state index contributed by atoms with van der Waals surface area (Å²) >= 11 is 0. The van der Waals surface area contributed by atoms with E-state index in [-0.39, 0.29) is 6.10 Å². The van der Waals surface area contributed by atoms with Crippen molar-refractivity contribution in [1.82, 2.24) is 5.32 Å². The number of benzene rings is 1. The first-order valence-electron chi connectivity index (χ1n) is 6.25. The number of hydrogen-bond donors (Lipinski definition) is 1. The van der Waals surface area contributed by atoms with E-state index in [4.69, 9.17) is 9.47 Å². The van der Waals surface area contributed by atoms with E-state index in [1.54, 1.807) is 13.2 Å². The standard InChI is InChI=1S/C15H23NO2/c1-5-13(3)18-15-7-6-12(2)10-14(15)11-16-8-9-17-4/h5-7,10,13,16H,1,8-9,11H2,2-4H3. The van der Waals surface area contributed by atoms with Gasteiger partial charge in [-0.15, -0.1) is 0 Å². The van der Waals surface area contributed by atoms with Crippen LogP contribution in [0.5, 0.6) is 5.75 Å². The summed E-state index contributed by atoms with van der Waals surface area (Å²) in [6.07, 6.45) is 1.81. The average Bonchev–Trinajstić information content (AvgIpc) is 2.37. The topological polar surface area (TPSA) is 30.5 Å². The van der Waals surface area contributed by atoms with Gasteiger partial charge in [0, 0.05) is 25.8 Å². The lowest BCUT2D eigenvalue weighted by Crippen LogP contribution is -2.19. The van der Waals surface area contributed by atoms with Gasteiger partial charge in [-0.3, -0.25) is 0 Å². The number of rotatable bonds is 8. The highest BCUT2D eigenvalue weighted by Gasteiger charge is 2.06. The SMILES string of the molecule is C=CC(C)Oc1ccc(C)cc1CNCCOC. The van der Waals surface area contributed by atoms with E-state index >= 15 is 0 Å². The molecule has 0 aliphatic heterocycles. The molecular formula is C15H23NO2. The second-order valence-electron chi connectivity index (χ2n) is 4.34. The lowest BCUT2D eigenvalue weighted by atomic mass is 10.1. The molecule has 0 bridgehead atoms. The lowest BCUT2D eigenvalue weighted by Gasteiger charge is -2.16. The first-order valence-corrected chi connectivity index (χ1v) is 6.25. The predicted molar refractivity (Wildman–Crippen MR) is 75.0 cm³/mol. The normalized spacial score (nSPS) is 12.2. The largest absolute Gasteiger partial charge is 0.486 e. The van der Waals surface area contributed by atoms with Gasteiger partial charge in [-0.1, -0.05) is 30.4 Å². The molecule has 1 atom stereocenters. The third-order valence-electron chi connectivity index (χ3n) is 2.66. The van der Waals surface area contributed by atoms with E-state index in [1.165, 1.54) is 11.1 Å². The molecule has 1 aromatic rings. The number of nitrogens with one attached hydrogen (secondary N) is 1. The van der Waals surface area contributed by atoms with Crippen LogP contribution in [-0.2, 0) is 11.3 Å². The maximum atomic E-state index is 5.82. The van der Waals surface area contributed by atoms with E-state index < -0.39 is 0 Å². The van der Waals surface area contributed by atoms with Crippen LogP contribution in [0.2, 0.25) is 0 Å². The van der Waals surface area contributed by atoms with Crippen LogP contribution < -0.4 is 10.1 Å². The second-order valence-corrected chi connectivity index (χ2v) is 4.34. The monoisotopic (exact) mass is 249 g/mol.